The summed E-state index contributed by atoms with van der Waals surface area (Å²) in [5.74, 6) is 0.130. The first-order valence-corrected chi connectivity index (χ1v) is 6.96. The highest BCUT2D eigenvalue weighted by Crippen LogP contribution is 2.15. The van der Waals surface area contributed by atoms with E-state index in [1.54, 1.807) is 0 Å². The molecular weight excluding hydrogens is 240 g/mol. The molecule has 104 valence electrons. The van der Waals surface area contributed by atoms with Crippen molar-refractivity contribution < 1.29 is 9.90 Å². The number of carbonyl (C=O) groups is 1. The molecule has 0 spiro atoms. The minimum atomic E-state index is -0.192. The van der Waals surface area contributed by atoms with Crippen LogP contribution in [0.15, 0.2) is 30.3 Å². The summed E-state index contributed by atoms with van der Waals surface area (Å²) >= 11 is 0. The number of rotatable bonds is 4. The molecular formula is C15H22N2O2. The number of carbonyl (C=O) groups excluding carboxylic acids is 1. The number of likely N-dealkylation sites (tertiary alicyclic amines) is 1. The van der Waals surface area contributed by atoms with Crippen LogP contribution in [0.3, 0.4) is 0 Å². The maximum absolute atomic E-state index is 12.3. The molecule has 1 heterocycles. The lowest BCUT2D eigenvalue weighted by molar-refractivity contribution is -0.120. The molecule has 1 N–H and O–H groups in total. The molecule has 1 aromatic rings. The smallest absolute Gasteiger partial charge is 0.241 e. The molecule has 1 saturated heterocycles. The Kier molecular flexibility index (Phi) is 4.93. The van der Waals surface area contributed by atoms with Crippen LogP contribution in [-0.4, -0.2) is 48.2 Å². The maximum Gasteiger partial charge on any atom is 0.241 e. The lowest BCUT2D eigenvalue weighted by Gasteiger charge is -2.31. The van der Waals surface area contributed by atoms with Crippen molar-refractivity contribution in [3.05, 3.63) is 30.3 Å². The van der Waals surface area contributed by atoms with Crippen LogP contribution in [0, 0.1) is 0 Å². The maximum atomic E-state index is 12.3. The number of amides is 1. The van der Waals surface area contributed by atoms with E-state index in [4.69, 9.17) is 0 Å². The first-order chi connectivity index (χ1) is 9.20. The van der Waals surface area contributed by atoms with Crippen LogP contribution in [0.5, 0.6) is 0 Å². The number of para-hydroxylation sites is 1. The fourth-order valence-electron chi connectivity index (χ4n) is 2.46. The highest BCUT2D eigenvalue weighted by atomic mass is 16.3. The number of aliphatic hydroxyl groups excluding tert-OH is 1. The number of nitrogens with zero attached hydrogens (tertiary/aromatic N) is 2. The summed E-state index contributed by atoms with van der Waals surface area (Å²) in [6.45, 7) is 4.72. The number of benzene rings is 1. The van der Waals surface area contributed by atoms with Crippen molar-refractivity contribution in [1.82, 2.24) is 4.90 Å². The van der Waals surface area contributed by atoms with Gasteiger partial charge in [0, 0.05) is 25.3 Å². The SMILES string of the molecule is CCN(C(=O)CN1CCC(O)CC1)c1ccccc1. The highest BCUT2D eigenvalue weighted by Gasteiger charge is 2.21. The zero-order valence-electron chi connectivity index (χ0n) is 11.5. The second kappa shape index (κ2) is 6.68. The Morgan fingerprint density at radius 3 is 2.53 bits per heavy atom. The Morgan fingerprint density at radius 2 is 1.95 bits per heavy atom. The standard InChI is InChI=1S/C15H22N2O2/c1-2-17(13-6-4-3-5-7-13)15(19)12-16-10-8-14(18)9-11-16/h3-7,14,18H,2,8-12H2,1H3. The minimum absolute atomic E-state index is 0.130. The summed E-state index contributed by atoms with van der Waals surface area (Å²) in [5, 5.41) is 9.47. The molecule has 1 aliphatic heterocycles. The van der Waals surface area contributed by atoms with Crippen LogP contribution in [0.4, 0.5) is 5.69 Å². The Morgan fingerprint density at radius 1 is 1.32 bits per heavy atom. The van der Waals surface area contributed by atoms with Crippen molar-refractivity contribution in [2.75, 3.05) is 31.1 Å². The van der Waals surface area contributed by atoms with Gasteiger partial charge in [-0.2, -0.15) is 0 Å². The van der Waals surface area contributed by atoms with Crippen molar-refractivity contribution in [1.29, 1.82) is 0 Å². The summed E-state index contributed by atoms with van der Waals surface area (Å²) in [6.07, 6.45) is 1.35. The van der Waals surface area contributed by atoms with Gasteiger partial charge in [-0.15, -0.1) is 0 Å². The predicted octanol–water partition coefficient (Wildman–Crippen LogP) is 1.50. The second-order valence-corrected chi connectivity index (χ2v) is 4.98. The minimum Gasteiger partial charge on any atom is -0.393 e. The van der Waals surface area contributed by atoms with Gasteiger partial charge in [0.2, 0.25) is 5.91 Å². The molecule has 19 heavy (non-hydrogen) atoms. The third-order valence-corrected chi connectivity index (χ3v) is 3.60. The van der Waals surface area contributed by atoms with Gasteiger partial charge in [0.1, 0.15) is 0 Å². The predicted molar refractivity (Wildman–Crippen MR) is 76.1 cm³/mol. The molecule has 4 nitrogen and oxygen atoms in total. The molecule has 4 heteroatoms. The molecule has 0 aromatic heterocycles. The first kappa shape index (κ1) is 14.0. The van der Waals surface area contributed by atoms with Crippen molar-refractivity contribution in [3.63, 3.8) is 0 Å². The quantitative estimate of drug-likeness (QED) is 0.894. The van der Waals surface area contributed by atoms with Gasteiger partial charge in [0.05, 0.1) is 12.6 Å². The number of piperidine rings is 1. The summed E-state index contributed by atoms with van der Waals surface area (Å²) in [6, 6.07) is 9.77. The van der Waals surface area contributed by atoms with Crippen molar-refractivity contribution in [2.45, 2.75) is 25.9 Å². The fourth-order valence-corrected chi connectivity index (χ4v) is 2.46. The molecule has 1 aromatic carbocycles. The number of likely N-dealkylation sites (N-methyl/N-ethyl adjacent to an activating group) is 1. The van der Waals surface area contributed by atoms with E-state index in [9.17, 15) is 9.90 Å². The largest absolute Gasteiger partial charge is 0.393 e. The Balaban J connectivity index is 1.94. The van der Waals surface area contributed by atoms with E-state index in [0.29, 0.717) is 13.1 Å². The summed E-state index contributed by atoms with van der Waals surface area (Å²) in [7, 11) is 0. The van der Waals surface area contributed by atoms with Crippen LogP contribution >= 0.6 is 0 Å². The molecule has 0 radical (unpaired) electrons. The molecule has 0 bridgehead atoms. The number of aliphatic hydroxyl groups is 1. The van der Waals surface area contributed by atoms with Gasteiger partial charge in [-0.25, -0.2) is 0 Å². The van der Waals surface area contributed by atoms with Gasteiger partial charge in [-0.1, -0.05) is 18.2 Å². The zero-order valence-corrected chi connectivity index (χ0v) is 11.5. The highest BCUT2D eigenvalue weighted by molar-refractivity contribution is 5.94. The van der Waals surface area contributed by atoms with Gasteiger partial charge in [-0.05, 0) is 31.9 Å². The molecule has 0 atom stereocenters. The van der Waals surface area contributed by atoms with Gasteiger partial charge in [0.15, 0.2) is 0 Å². The summed E-state index contributed by atoms with van der Waals surface area (Å²) in [4.78, 5) is 16.3. The van der Waals surface area contributed by atoms with E-state index in [1.165, 1.54) is 0 Å². The zero-order chi connectivity index (χ0) is 13.7. The van der Waals surface area contributed by atoms with Crippen LogP contribution in [0.1, 0.15) is 19.8 Å². The first-order valence-electron chi connectivity index (χ1n) is 6.96. The van der Waals surface area contributed by atoms with E-state index < -0.39 is 0 Å². The van der Waals surface area contributed by atoms with Crippen molar-refractivity contribution in [3.8, 4) is 0 Å². The van der Waals surface area contributed by atoms with Crippen LogP contribution < -0.4 is 4.90 Å². The van der Waals surface area contributed by atoms with Crippen molar-refractivity contribution in [2.24, 2.45) is 0 Å². The lowest BCUT2D eigenvalue weighted by Crippen LogP contribution is -2.44. The third kappa shape index (κ3) is 3.78. The molecule has 0 aliphatic carbocycles. The topological polar surface area (TPSA) is 43.8 Å². The van der Waals surface area contributed by atoms with E-state index >= 15 is 0 Å². The summed E-state index contributed by atoms with van der Waals surface area (Å²) < 4.78 is 0. The van der Waals surface area contributed by atoms with E-state index in [2.05, 4.69) is 4.90 Å². The van der Waals surface area contributed by atoms with Gasteiger partial charge in [-0.3, -0.25) is 9.69 Å². The normalized spacial score (nSPS) is 17.4. The van der Waals surface area contributed by atoms with Gasteiger partial charge >= 0.3 is 0 Å². The molecule has 0 unspecified atom stereocenters. The molecule has 1 amide bonds. The second-order valence-electron chi connectivity index (χ2n) is 4.98. The Labute approximate surface area is 114 Å². The molecule has 1 fully saturated rings. The average Bonchev–Trinajstić information content (AvgIpc) is 2.43. The van der Waals surface area contributed by atoms with Crippen molar-refractivity contribution >= 4 is 11.6 Å². The molecule has 2 rings (SSSR count). The van der Waals surface area contributed by atoms with Crippen LogP contribution in [-0.2, 0) is 4.79 Å². The number of anilines is 1. The van der Waals surface area contributed by atoms with Crippen LogP contribution in [0.25, 0.3) is 0 Å². The lowest BCUT2D eigenvalue weighted by atomic mass is 10.1. The fraction of sp³-hybridized carbons (Fsp3) is 0.533. The number of hydrogen-bond donors (Lipinski definition) is 1. The van der Waals surface area contributed by atoms with Crippen LogP contribution in [0.2, 0.25) is 0 Å². The third-order valence-electron chi connectivity index (χ3n) is 3.60. The van der Waals surface area contributed by atoms with Gasteiger partial charge < -0.3 is 10.0 Å². The molecule has 1 aliphatic rings. The van der Waals surface area contributed by atoms with E-state index in [-0.39, 0.29) is 12.0 Å². The van der Waals surface area contributed by atoms with E-state index in [1.807, 2.05) is 42.2 Å². The average molecular weight is 262 g/mol. The summed E-state index contributed by atoms with van der Waals surface area (Å²) in [5.41, 5.74) is 0.951. The van der Waals surface area contributed by atoms with E-state index in [0.717, 1.165) is 31.6 Å². The molecule has 0 saturated carbocycles. The Hall–Kier alpha value is -1.39. The Bertz CT molecular complexity index is 400. The van der Waals surface area contributed by atoms with Gasteiger partial charge in [0.25, 0.3) is 0 Å². The number of hydrogen-bond acceptors (Lipinski definition) is 3. The monoisotopic (exact) mass is 262 g/mol.